The van der Waals surface area contributed by atoms with Crippen LogP contribution in [0.4, 0.5) is 0 Å². The summed E-state index contributed by atoms with van der Waals surface area (Å²) in [5.74, 6) is -0.401. The Morgan fingerprint density at radius 1 is 1.92 bits per heavy atom. The van der Waals surface area contributed by atoms with Gasteiger partial charge in [0.1, 0.15) is 11.8 Å². The zero-order valence-electron chi connectivity index (χ0n) is 6.65. The quantitative estimate of drug-likeness (QED) is 0.663. The summed E-state index contributed by atoms with van der Waals surface area (Å²) in [5, 5.41) is 12.0. The molecule has 0 aliphatic rings. The number of carboxylic acids is 1. The van der Waals surface area contributed by atoms with E-state index in [4.69, 9.17) is 15.4 Å². The summed E-state index contributed by atoms with van der Waals surface area (Å²) in [6, 6.07) is -0.886. The van der Waals surface area contributed by atoms with Gasteiger partial charge in [-0.05, 0) is 6.92 Å². The number of nitrogens with two attached hydrogens (primary N) is 1. The van der Waals surface area contributed by atoms with Crippen molar-refractivity contribution in [2.75, 3.05) is 0 Å². The van der Waals surface area contributed by atoms with Gasteiger partial charge in [0.15, 0.2) is 0 Å². The minimum atomic E-state index is -1.02. The maximum absolute atomic E-state index is 10.4. The molecule has 0 saturated carbocycles. The zero-order chi connectivity index (χ0) is 9.14. The van der Waals surface area contributed by atoms with Gasteiger partial charge in [-0.25, -0.2) is 0 Å². The van der Waals surface area contributed by atoms with Gasteiger partial charge in [0.2, 0.25) is 0 Å². The molecule has 0 saturated heterocycles. The smallest absolute Gasteiger partial charge is 0.320 e. The predicted molar refractivity (Wildman–Crippen MR) is 40.6 cm³/mol. The molecule has 5 nitrogen and oxygen atoms in total. The lowest BCUT2D eigenvalue weighted by atomic mass is 10.1. The van der Waals surface area contributed by atoms with Gasteiger partial charge < -0.3 is 15.4 Å². The lowest BCUT2D eigenvalue weighted by Gasteiger charge is -2.02. The molecule has 3 N–H and O–H groups in total. The molecule has 0 aromatic carbocycles. The summed E-state index contributed by atoms with van der Waals surface area (Å²) >= 11 is 0. The number of aromatic nitrogens is 1. The van der Waals surface area contributed by atoms with Gasteiger partial charge in [-0.3, -0.25) is 4.79 Å². The summed E-state index contributed by atoms with van der Waals surface area (Å²) in [5.41, 5.74) is 6.05. The number of carboxylic acid groups (broad SMARTS) is 1. The minimum absolute atomic E-state index is 0.255. The van der Waals surface area contributed by atoms with Crippen molar-refractivity contribution in [2.45, 2.75) is 19.4 Å². The van der Waals surface area contributed by atoms with E-state index in [9.17, 15) is 4.79 Å². The summed E-state index contributed by atoms with van der Waals surface area (Å²) in [6.45, 7) is 1.72. The Bertz CT molecular complexity index is 282. The molecule has 1 aromatic rings. The monoisotopic (exact) mass is 170 g/mol. The standard InChI is InChI=1S/C7H10N2O3/c1-4-5(3-9-12-4)2-6(8)7(10)11/h3,6H,2,8H2,1H3,(H,10,11). The maximum Gasteiger partial charge on any atom is 0.320 e. The fraction of sp³-hybridized carbons (Fsp3) is 0.429. The van der Waals surface area contributed by atoms with E-state index in [1.54, 1.807) is 6.92 Å². The molecule has 0 bridgehead atoms. The van der Waals surface area contributed by atoms with Gasteiger partial charge in [-0.15, -0.1) is 0 Å². The Labute approximate surface area is 69.2 Å². The van der Waals surface area contributed by atoms with E-state index in [0.29, 0.717) is 5.76 Å². The molecule has 1 aromatic heterocycles. The van der Waals surface area contributed by atoms with Crippen LogP contribution in [0.25, 0.3) is 0 Å². The third-order valence-electron chi connectivity index (χ3n) is 1.61. The fourth-order valence-electron chi connectivity index (χ4n) is 0.839. The third-order valence-corrected chi connectivity index (χ3v) is 1.61. The van der Waals surface area contributed by atoms with E-state index in [1.807, 2.05) is 0 Å². The summed E-state index contributed by atoms with van der Waals surface area (Å²) in [6.07, 6.45) is 1.74. The zero-order valence-corrected chi connectivity index (χ0v) is 6.65. The van der Waals surface area contributed by atoms with Crippen LogP contribution in [-0.4, -0.2) is 22.3 Å². The number of carbonyl (C=O) groups is 1. The SMILES string of the molecule is Cc1oncc1CC(N)C(=O)O. The normalized spacial score (nSPS) is 12.8. The number of hydrogen-bond acceptors (Lipinski definition) is 4. The van der Waals surface area contributed by atoms with Gasteiger partial charge in [-0.2, -0.15) is 0 Å². The molecule has 1 heterocycles. The Kier molecular flexibility index (Phi) is 2.44. The van der Waals surface area contributed by atoms with E-state index in [-0.39, 0.29) is 6.42 Å². The molecule has 5 heteroatoms. The Morgan fingerprint density at radius 3 is 3.00 bits per heavy atom. The Balaban J connectivity index is 2.64. The second kappa shape index (κ2) is 3.36. The predicted octanol–water partition coefficient (Wildman–Crippen LogP) is -0.0626. The molecule has 0 fully saturated rings. The number of aryl methyl sites for hydroxylation is 1. The van der Waals surface area contributed by atoms with Crippen molar-refractivity contribution in [2.24, 2.45) is 5.73 Å². The van der Waals surface area contributed by atoms with E-state index < -0.39 is 12.0 Å². The van der Waals surface area contributed by atoms with Gasteiger partial charge in [0.05, 0.1) is 6.20 Å². The second-order valence-electron chi connectivity index (χ2n) is 2.56. The molecular weight excluding hydrogens is 160 g/mol. The number of aliphatic carboxylic acids is 1. The molecule has 66 valence electrons. The molecule has 0 radical (unpaired) electrons. The Morgan fingerprint density at radius 2 is 2.58 bits per heavy atom. The third kappa shape index (κ3) is 1.82. The van der Waals surface area contributed by atoms with E-state index >= 15 is 0 Å². The van der Waals surface area contributed by atoms with Crippen LogP contribution in [0.2, 0.25) is 0 Å². The highest BCUT2D eigenvalue weighted by molar-refractivity contribution is 5.73. The summed E-state index contributed by atoms with van der Waals surface area (Å²) in [4.78, 5) is 10.4. The van der Waals surface area contributed by atoms with E-state index in [1.165, 1.54) is 6.20 Å². The summed E-state index contributed by atoms with van der Waals surface area (Å²) < 4.78 is 4.75. The van der Waals surface area contributed by atoms with Crippen LogP contribution >= 0.6 is 0 Å². The molecule has 12 heavy (non-hydrogen) atoms. The molecule has 0 spiro atoms. The van der Waals surface area contributed by atoms with Gasteiger partial charge in [0.25, 0.3) is 0 Å². The van der Waals surface area contributed by atoms with Gasteiger partial charge in [-0.1, -0.05) is 5.16 Å². The topological polar surface area (TPSA) is 89.4 Å². The van der Waals surface area contributed by atoms with Crippen LogP contribution in [-0.2, 0) is 11.2 Å². The first-order chi connectivity index (χ1) is 5.61. The van der Waals surface area contributed by atoms with E-state index in [0.717, 1.165) is 5.56 Å². The highest BCUT2D eigenvalue weighted by atomic mass is 16.5. The van der Waals surface area contributed by atoms with Crippen molar-refractivity contribution in [3.63, 3.8) is 0 Å². The number of rotatable bonds is 3. The molecule has 0 aliphatic carbocycles. The molecular formula is C7H10N2O3. The lowest BCUT2D eigenvalue weighted by molar-refractivity contribution is -0.138. The van der Waals surface area contributed by atoms with Crippen LogP contribution in [0.15, 0.2) is 10.7 Å². The van der Waals surface area contributed by atoms with Crippen molar-refractivity contribution in [3.05, 3.63) is 17.5 Å². The molecule has 0 aliphatic heterocycles. The van der Waals surface area contributed by atoms with E-state index in [2.05, 4.69) is 5.16 Å². The summed E-state index contributed by atoms with van der Waals surface area (Å²) in [7, 11) is 0. The second-order valence-corrected chi connectivity index (χ2v) is 2.56. The number of hydrogen-bond donors (Lipinski definition) is 2. The van der Waals surface area contributed by atoms with Gasteiger partial charge in [0, 0.05) is 12.0 Å². The van der Waals surface area contributed by atoms with Gasteiger partial charge >= 0.3 is 5.97 Å². The number of nitrogens with zero attached hydrogens (tertiary/aromatic N) is 1. The van der Waals surface area contributed by atoms with Crippen LogP contribution in [0.5, 0.6) is 0 Å². The van der Waals surface area contributed by atoms with Crippen LogP contribution in [0, 0.1) is 6.92 Å². The fourth-order valence-corrected chi connectivity index (χ4v) is 0.839. The van der Waals surface area contributed by atoms with Crippen LogP contribution in [0.3, 0.4) is 0 Å². The first-order valence-corrected chi connectivity index (χ1v) is 3.50. The lowest BCUT2D eigenvalue weighted by Crippen LogP contribution is -2.32. The Hall–Kier alpha value is -1.36. The molecule has 0 amide bonds. The van der Waals surface area contributed by atoms with Crippen molar-refractivity contribution >= 4 is 5.97 Å². The highest BCUT2D eigenvalue weighted by Gasteiger charge is 2.14. The van der Waals surface area contributed by atoms with Crippen molar-refractivity contribution in [1.29, 1.82) is 0 Å². The maximum atomic E-state index is 10.4. The minimum Gasteiger partial charge on any atom is -0.480 e. The van der Waals surface area contributed by atoms with Crippen LogP contribution in [0.1, 0.15) is 11.3 Å². The molecule has 1 unspecified atom stereocenters. The van der Waals surface area contributed by atoms with Crippen LogP contribution < -0.4 is 5.73 Å². The van der Waals surface area contributed by atoms with Crippen molar-refractivity contribution in [3.8, 4) is 0 Å². The van der Waals surface area contributed by atoms with Crippen molar-refractivity contribution < 1.29 is 14.4 Å². The first kappa shape index (κ1) is 8.73. The average molecular weight is 170 g/mol. The first-order valence-electron chi connectivity index (χ1n) is 3.50. The highest BCUT2D eigenvalue weighted by Crippen LogP contribution is 2.07. The van der Waals surface area contributed by atoms with Crippen molar-refractivity contribution in [1.82, 2.24) is 5.16 Å². The largest absolute Gasteiger partial charge is 0.480 e. The molecule has 1 rings (SSSR count). The average Bonchev–Trinajstić information content (AvgIpc) is 2.36. The molecule has 1 atom stereocenters.